The Bertz CT molecular complexity index is 2340. The predicted molar refractivity (Wildman–Crippen MR) is 212 cm³/mol. The maximum atomic E-state index is 14.6. The van der Waals surface area contributed by atoms with Crippen LogP contribution in [0.25, 0.3) is 32.3 Å². The Balaban J connectivity index is 1.50. The predicted octanol–water partition coefficient (Wildman–Crippen LogP) is 3.34. The van der Waals surface area contributed by atoms with Gasteiger partial charge in [-0.1, -0.05) is 18.2 Å². The number of benzene rings is 4. The van der Waals surface area contributed by atoms with Crippen LogP contribution in [-0.2, 0) is 49.0 Å². The van der Waals surface area contributed by atoms with Gasteiger partial charge in [0.1, 0.15) is 11.4 Å². The fraction of sp³-hybridized carbons (Fsp3) is 0.579. The Morgan fingerprint density at radius 3 is 1.36 bits per heavy atom. The van der Waals surface area contributed by atoms with E-state index in [1.54, 1.807) is 24.3 Å². The fourth-order valence-corrected chi connectivity index (χ4v) is 12.6. The lowest BCUT2D eigenvalue weighted by Gasteiger charge is -2.32. The van der Waals surface area contributed by atoms with Crippen LogP contribution < -0.4 is 10.5 Å². The molecule has 3 heterocycles. The second kappa shape index (κ2) is 15.8. The topological polar surface area (TPSA) is 184 Å². The van der Waals surface area contributed by atoms with Crippen molar-refractivity contribution in [3.63, 3.8) is 0 Å². The first kappa shape index (κ1) is 41.4. The van der Waals surface area contributed by atoms with E-state index in [2.05, 4.69) is 0 Å². The smallest absolute Gasteiger partial charge is 0.243 e. The van der Waals surface area contributed by atoms with Crippen LogP contribution in [0.5, 0.6) is 5.75 Å². The van der Waals surface area contributed by atoms with E-state index < -0.39 is 41.3 Å². The first-order valence-corrected chi connectivity index (χ1v) is 23.4. The van der Waals surface area contributed by atoms with Crippen molar-refractivity contribution >= 4 is 62.4 Å². The lowest BCUT2D eigenvalue weighted by Crippen LogP contribution is -2.41. The largest absolute Gasteiger partial charge is 0.487 e. The summed E-state index contributed by atoms with van der Waals surface area (Å²) in [6.45, 7) is 10.4. The molecule has 3 aliphatic rings. The molecule has 0 spiro atoms. The Morgan fingerprint density at radius 2 is 0.946 bits per heavy atom. The van der Waals surface area contributed by atoms with Crippen molar-refractivity contribution < 1.29 is 48.9 Å². The number of nitrogens with zero attached hydrogens (tertiary/aromatic N) is 3. The summed E-state index contributed by atoms with van der Waals surface area (Å²) >= 11 is 0. The summed E-state index contributed by atoms with van der Waals surface area (Å²) in [5, 5.41) is 2.07. The maximum absolute atomic E-state index is 14.6. The normalized spacial score (nSPS) is 19.4. The summed E-state index contributed by atoms with van der Waals surface area (Å²) in [5.41, 5.74) is 4.48. The van der Waals surface area contributed by atoms with Crippen molar-refractivity contribution in [2.75, 3.05) is 92.1 Å². The van der Waals surface area contributed by atoms with Gasteiger partial charge in [-0.3, -0.25) is 0 Å². The molecule has 3 fully saturated rings. The van der Waals surface area contributed by atoms with Crippen LogP contribution in [0.2, 0.25) is 0 Å². The van der Waals surface area contributed by atoms with Crippen molar-refractivity contribution in [3.05, 3.63) is 36.4 Å². The molecule has 56 heavy (non-hydrogen) atoms. The van der Waals surface area contributed by atoms with Crippen molar-refractivity contribution in [2.24, 2.45) is 5.73 Å². The molecule has 3 aliphatic heterocycles. The van der Waals surface area contributed by atoms with E-state index >= 15 is 0 Å². The van der Waals surface area contributed by atoms with Gasteiger partial charge in [0.25, 0.3) is 0 Å². The van der Waals surface area contributed by atoms with Crippen LogP contribution >= 0.6 is 0 Å². The lowest BCUT2D eigenvalue weighted by atomic mass is 9.93. The van der Waals surface area contributed by atoms with Crippen LogP contribution in [0.15, 0.2) is 51.1 Å². The first-order valence-electron chi connectivity index (χ1n) is 19.0. The summed E-state index contributed by atoms with van der Waals surface area (Å²) in [4.78, 5) is -0.407. The monoisotopic (exact) mass is 836 g/mol. The maximum Gasteiger partial charge on any atom is 0.243 e. The van der Waals surface area contributed by atoms with E-state index in [1.165, 1.54) is 25.0 Å². The number of morpholine rings is 3. The number of hydrogen-bond donors (Lipinski definition) is 1. The molecule has 0 atom stereocenters. The van der Waals surface area contributed by atoms with E-state index in [0.717, 1.165) is 0 Å². The van der Waals surface area contributed by atoms with Gasteiger partial charge in [-0.05, 0) is 52.8 Å². The molecule has 2 N–H and O–H groups in total. The van der Waals surface area contributed by atoms with Crippen molar-refractivity contribution in [1.82, 2.24) is 12.9 Å². The quantitative estimate of drug-likeness (QED) is 0.183. The average Bonchev–Trinajstić information content (AvgIpc) is 3.17. The van der Waals surface area contributed by atoms with Gasteiger partial charge < -0.3 is 29.4 Å². The van der Waals surface area contributed by atoms with Crippen LogP contribution in [0, 0.1) is 0 Å². The summed E-state index contributed by atoms with van der Waals surface area (Å²) in [5.74, 6) is 0.254. The summed E-state index contributed by atoms with van der Waals surface area (Å²) in [6.07, 6.45) is 1.11. The second-order valence-corrected chi connectivity index (χ2v) is 21.3. The van der Waals surface area contributed by atoms with Crippen molar-refractivity contribution in [3.8, 4) is 5.75 Å². The van der Waals surface area contributed by atoms with Crippen LogP contribution in [0.4, 0.5) is 0 Å². The van der Waals surface area contributed by atoms with Gasteiger partial charge in [0.2, 0.25) is 30.1 Å². The van der Waals surface area contributed by atoms with Gasteiger partial charge in [-0.2, -0.15) is 12.9 Å². The molecule has 0 saturated carbocycles. The average molecular weight is 837 g/mol. The number of nitrogens with two attached hydrogens (primary N) is 1. The van der Waals surface area contributed by atoms with Gasteiger partial charge >= 0.3 is 0 Å². The molecular weight excluding hydrogens is 785 g/mol. The summed E-state index contributed by atoms with van der Waals surface area (Å²) < 4.78 is 121. The highest BCUT2D eigenvalue weighted by atomic mass is 32.2. The minimum absolute atomic E-state index is 0.0357. The Hall–Kier alpha value is -2.75. The molecule has 0 aromatic heterocycles. The third-order valence-electron chi connectivity index (χ3n) is 10.8. The molecule has 4 aromatic carbocycles. The fourth-order valence-electron chi connectivity index (χ4n) is 7.71. The Morgan fingerprint density at radius 1 is 0.571 bits per heavy atom. The van der Waals surface area contributed by atoms with Crippen LogP contribution in [0.3, 0.4) is 0 Å². The van der Waals surface area contributed by atoms with E-state index in [4.69, 9.17) is 29.4 Å². The number of hydrogen-bond acceptors (Lipinski definition) is 12. The first-order chi connectivity index (χ1) is 26.5. The Labute approximate surface area is 329 Å². The van der Waals surface area contributed by atoms with E-state index in [1.807, 2.05) is 27.7 Å². The molecular formula is C38H52N4O11S3. The molecule has 0 aliphatic carbocycles. The van der Waals surface area contributed by atoms with E-state index in [-0.39, 0.29) is 110 Å². The van der Waals surface area contributed by atoms with Crippen LogP contribution in [-0.4, -0.2) is 141 Å². The zero-order valence-electron chi connectivity index (χ0n) is 32.4. The highest BCUT2D eigenvalue weighted by Crippen LogP contribution is 2.47. The molecule has 18 heteroatoms. The molecule has 0 unspecified atom stereocenters. The minimum Gasteiger partial charge on any atom is -0.487 e. The highest BCUT2D eigenvalue weighted by Gasteiger charge is 2.37. The molecule has 4 aromatic rings. The molecule has 0 amide bonds. The highest BCUT2D eigenvalue weighted by molar-refractivity contribution is 7.90. The lowest BCUT2D eigenvalue weighted by molar-refractivity contribution is -0.0433. The molecule has 0 bridgehead atoms. The summed E-state index contributed by atoms with van der Waals surface area (Å²) in [7, 11) is -12.7. The van der Waals surface area contributed by atoms with Gasteiger partial charge in [0.15, 0.2) is 0 Å². The van der Waals surface area contributed by atoms with Crippen LogP contribution in [0.1, 0.15) is 40.5 Å². The number of ether oxygens (including phenoxy) is 5. The molecule has 0 radical (unpaired) electrons. The molecule has 308 valence electrons. The zero-order chi connectivity index (χ0) is 40.1. The summed E-state index contributed by atoms with van der Waals surface area (Å²) in [6, 6.07) is 9.40. The van der Waals surface area contributed by atoms with E-state index in [0.29, 0.717) is 47.5 Å². The minimum atomic E-state index is -4.27. The third kappa shape index (κ3) is 7.87. The molecule has 15 nitrogen and oxygen atoms in total. The van der Waals surface area contributed by atoms with Gasteiger partial charge in [0, 0.05) is 84.1 Å². The van der Waals surface area contributed by atoms with Gasteiger partial charge in [-0.25, -0.2) is 25.3 Å². The number of sulfonamides is 3. The SMILES string of the molecule is CC(C)(CCN)OCCC(C)(C)Oc1cc(S(=O)(=O)N2CCOCC2)c2ccc3c(S(=O)(=O)N4CCOCC4)cc(S(=O)(=O)N4CCOCC4)c4ccc1c2c43. The second-order valence-electron chi connectivity index (χ2n) is 15.6. The molecule has 3 saturated heterocycles. The third-order valence-corrected chi connectivity index (χ3v) is 16.7. The van der Waals surface area contributed by atoms with Crippen molar-refractivity contribution in [1.29, 1.82) is 0 Å². The number of rotatable bonds is 14. The van der Waals surface area contributed by atoms with Gasteiger partial charge in [0.05, 0.1) is 66.5 Å². The standard InChI is InChI=1S/C38H52N4O11S3/c1-37(2,9-11-39)52-18-10-38(3,4)53-31-25-32(54(43,44)40-12-19-49-20-13-40)28-7-8-30-34(56(47,48)42-16-23-51-24-17-42)26-33(29-6-5-27(31)35(28)36(29)30)55(45,46)41-14-21-50-22-15-41/h5-8,25-26H,9-24,39H2,1-4H3. The van der Waals surface area contributed by atoms with E-state index in [9.17, 15) is 25.3 Å². The zero-order valence-corrected chi connectivity index (χ0v) is 34.9. The van der Waals surface area contributed by atoms with Gasteiger partial charge in [-0.15, -0.1) is 0 Å². The Kier molecular flexibility index (Phi) is 11.7. The van der Waals surface area contributed by atoms with Crippen molar-refractivity contribution in [2.45, 2.75) is 66.4 Å². The molecule has 7 rings (SSSR count).